The highest BCUT2D eigenvalue weighted by molar-refractivity contribution is 7.17. The maximum atomic E-state index is 12.6. The average Bonchev–Trinajstić information content (AvgIpc) is 2.99. The Balaban J connectivity index is 1.82. The minimum absolute atomic E-state index is 0.351. The van der Waals surface area contributed by atoms with E-state index < -0.39 is 6.03 Å². The first kappa shape index (κ1) is 21.0. The molecule has 0 saturated heterocycles. The lowest BCUT2D eigenvalue weighted by molar-refractivity contribution is 0.0505. The van der Waals surface area contributed by atoms with Crippen molar-refractivity contribution in [2.45, 2.75) is 39.5 Å². The van der Waals surface area contributed by atoms with Crippen LogP contribution >= 0.6 is 34.5 Å². The van der Waals surface area contributed by atoms with Crippen LogP contribution < -0.4 is 10.6 Å². The predicted octanol–water partition coefficient (Wildman–Crippen LogP) is 6.39. The van der Waals surface area contributed by atoms with E-state index in [1.807, 2.05) is 6.92 Å². The Kier molecular flexibility index (Phi) is 6.86. The fourth-order valence-corrected chi connectivity index (χ4v) is 4.85. The summed E-state index contributed by atoms with van der Waals surface area (Å²) in [6.07, 6.45) is 3.49. The summed E-state index contributed by atoms with van der Waals surface area (Å²) in [6, 6.07) is 4.39. The summed E-state index contributed by atoms with van der Waals surface area (Å²) in [7, 11) is 0. The van der Waals surface area contributed by atoms with E-state index in [1.54, 1.807) is 18.2 Å². The van der Waals surface area contributed by atoms with Crippen LogP contribution in [0.1, 0.15) is 47.5 Å². The fourth-order valence-electron chi connectivity index (χ4n) is 3.16. The highest BCUT2D eigenvalue weighted by Crippen LogP contribution is 2.40. The summed E-state index contributed by atoms with van der Waals surface area (Å²) in [6.45, 7) is 4.50. The zero-order valence-corrected chi connectivity index (χ0v) is 18.1. The molecule has 1 aliphatic carbocycles. The molecule has 2 aromatic rings. The van der Waals surface area contributed by atoms with Gasteiger partial charge in [-0.2, -0.15) is 0 Å². The van der Waals surface area contributed by atoms with Gasteiger partial charge in [0, 0.05) is 10.6 Å². The molecule has 5 nitrogen and oxygen atoms in total. The van der Waals surface area contributed by atoms with Gasteiger partial charge in [-0.05, 0) is 55.4 Å². The first-order chi connectivity index (χ1) is 13.4. The first-order valence-corrected chi connectivity index (χ1v) is 10.8. The maximum absolute atomic E-state index is 12.6. The molecule has 0 spiro atoms. The van der Waals surface area contributed by atoms with E-state index >= 15 is 0 Å². The van der Waals surface area contributed by atoms with Crippen molar-refractivity contribution in [2.24, 2.45) is 5.92 Å². The Hall–Kier alpha value is -1.76. The molecule has 2 N–H and O–H groups in total. The molecule has 0 aliphatic heterocycles. The molecule has 0 radical (unpaired) electrons. The number of ether oxygens (including phenoxy) is 1. The minimum atomic E-state index is -0.449. The van der Waals surface area contributed by atoms with E-state index in [9.17, 15) is 9.59 Å². The SMILES string of the molecule is CCCOC(=O)c1c(NC(=O)Nc2ccc(Cl)c(Cl)c2)sc2c1CCC(C)C2. The number of hydrogen-bond acceptors (Lipinski definition) is 4. The number of urea groups is 1. The third-order valence-electron chi connectivity index (χ3n) is 4.56. The number of halogens is 2. The summed E-state index contributed by atoms with van der Waals surface area (Å²) < 4.78 is 5.36. The lowest BCUT2D eigenvalue weighted by atomic mass is 9.88. The third kappa shape index (κ3) is 4.80. The molecule has 1 unspecified atom stereocenters. The Labute approximate surface area is 178 Å². The number of thiophene rings is 1. The van der Waals surface area contributed by atoms with Crippen LogP contribution in [0, 0.1) is 5.92 Å². The van der Waals surface area contributed by atoms with Crippen LogP contribution in [0.15, 0.2) is 18.2 Å². The van der Waals surface area contributed by atoms with Crippen LogP contribution in [0.5, 0.6) is 0 Å². The van der Waals surface area contributed by atoms with Crippen LogP contribution in [0.25, 0.3) is 0 Å². The van der Waals surface area contributed by atoms with Crippen molar-refractivity contribution in [3.63, 3.8) is 0 Å². The van der Waals surface area contributed by atoms with Gasteiger partial charge in [-0.1, -0.05) is 37.0 Å². The molecule has 0 fully saturated rings. The monoisotopic (exact) mass is 440 g/mol. The van der Waals surface area contributed by atoms with Gasteiger partial charge in [0.05, 0.1) is 22.2 Å². The van der Waals surface area contributed by atoms with Gasteiger partial charge in [-0.25, -0.2) is 9.59 Å². The molecular weight excluding hydrogens is 419 g/mol. The van der Waals surface area contributed by atoms with E-state index in [4.69, 9.17) is 27.9 Å². The normalized spacial score (nSPS) is 15.6. The quantitative estimate of drug-likeness (QED) is 0.529. The highest BCUT2D eigenvalue weighted by atomic mass is 35.5. The van der Waals surface area contributed by atoms with Gasteiger partial charge in [0.1, 0.15) is 5.00 Å². The number of rotatable bonds is 5. The van der Waals surface area contributed by atoms with Crippen LogP contribution in [0.2, 0.25) is 10.0 Å². The number of nitrogens with one attached hydrogen (secondary N) is 2. The molecule has 150 valence electrons. The molecule has 2 amide bonds. The Morgan fingerprint density at radius 2 is 2.04 bits per heavy atom. The van der Waals surface area contributed by atoms with Crippen LogP contribution in [0.3, 0.4) is 0 Å². The zero-order chi connectivity index (χ0) is 20.3. The molecule has 3 rings (SSSR count). The van der Waals surface area contributed by atoms with Crippen molar-refractivity contribution in [2.75, 3.05) is 17.2 Å². The van der Waals surface area contributed by atoms with Crippen molar-refractivity contribution in [1.29, 1.82) is 0 Å². The van der Waals surface area contributed by atoms with Crippen molar-refractivity contribution >= 4 is 57.2 Å². The number of esters is 1. The molecule has 1 aromatic heterocycles. The number of carbonyl (C=O) groups excluding carboxylic acids is 2. The molecule has 0 bridgehead atoms. The molecular formula is C20H22Cl2N2O3S. The molecule has 1 atom stereocenters. The number of carbonyl (C=O) groups is 2. The second kappa shape index (κ2) is 9.16. The topological polar surface area (TPSA) is 67.4 Å². The van der Waals surface area contributed by atoms with Gasteiger partial charge >= 0.3 is 12.0 Å². The summed E-state index contributed by atoms with van der Waals surface area (Å²) in [5.74, 6) is 0.183. The van der Waals surface area contributed by atoms with Crippen molar-refractivity contribution in [1.82, 2.24) is 0 Å². The van der Waals surface area contributed by atoms with Gasteiger partial charge in [0.25, 0.3) is 0 Å². The lowest BCUT2D eigenvalue weighted by Gasteiger charge is -2.18. The number of fused-ring (bicyclic) bond motifs is 1. The van der Waals surface area contributed by atoms with Gasteiger partial charge < -0.3 is 10.1 Å². The number of amides is 2. The van der Waals surface area contributed by atoms with E-state index in [0.717, 1.165) is 36.1 Å². The highest BCUT2D eigenvalue weighted by Gasteiger charge is 2.29. The van der Waals surface area contributed by atoms with Crippen molar-refractivity contribution in [3.05, 3.63) is 44.2 Å². The second-order valence-electron chi connectivity index (χ2n) is 6.90. The molecule has 8 heteroatoms. The summed E-state index contributed by atoms with van der Waals surface area (Å²) in [5.41, 5.74) is 2.01. The average molecular weight is 441 g/mol. The smallest absolute Gasteiger partial charge is 0.341 e. The lowest BCUT2D eigenvalue weighted by Crippen LogP contribution is -2.21. The van der Waals surface area contributed by atoms with Crippen molar-refractivity contribution in [3.8, 4) is 0 Å². The predicted molar refractivity (Wildman–Crippen MR) is 115 cm³/mol. The first-order valence-electron chi connectivity index (χ1n) is 9.23. The Morgan fingerprint density at radius 3 is 2.75 bits per heavy atom. The summed E-state index contributed by atoms with van der Waals surface area (Å²) in [5, 5.41) is 6.82. The van der Waals surface area contributed by atoms with E-state index in [2.05, 4.69) is 17.6 Å². The molecule has 1 aromatic carbocycles. The molecule has 1 aliphatic rings. The van der Waals surface area contributed by atoms with Crippen LogP contribution in [-0.4, -0.2) is 18.6 Å². The van der Waals surface area contributed by atoms with Crippen molar-refractivity contribution < 1.29 is 14.3 Å². The third-order valence-corrected chi connectivity index (χ3v) is 6.47. The number of anilines is 2. The van der Waals surface area contributed by atoms with Gasteiger partial charge in [-0.3, -0.25) is 5.32 Å². The summed E-state index contributed by atoms with van der Waals surface area (Å²) >= 11 is 13.3. The van der Waals surface area contributed by atoms with E-state index in [1.165, 1.54) is 11.3 Å². The summed E-state index contributed by atoms with van der Waals surface area (Å²) in [4.78, 5) is 26.3. The number of benzene rings is 1. The Morgan fingerprint density at radius 1 is 1.25 bits per heavy atom. The fraction of sp³-hybridized carbons (Fsp3) is 0.400. The molecule has 1 heterocycles. The van der Waals surface area contributed by atoms with E-state index in [-0.39, 0.29) is 5.97 Å². The second-order valence-corrected chi connectivity index (χ2v) is 8.82. The van der Waals surface area contributed by atoms with Gasteiger partial charge in [-0.15, -0.1) is 11.3 Å². The minimum Gasteiger partial charge on any atom is -0.462 e. The Bertz CT molecular complexity index is 898. The number of hydrogen-bond donors (Lipinski definition) is 2. The maximum Gasteiger partial charge on any atom is 0.341 e. The largest absolute Gasteiger partial charge is 0.462 e. The molecule has 28 heavy (non-hydrogen) atoms. The zero-order valence-electron chi connectivity index (χ0n) is 15.7. The van der Waals surface area contributed by atoms with E-state index in [0.29, 0.717) is 38.8 Å². The standard InChI is InChI=1S/C20H22Cl2N2O3S/c1-3-8-27-19(25)17-13-6-4-11(2)9-16(13)28-18(17)24-20(26)23-12-5-7-14(21)15(22)10-12/h5,7,10-11H,3-4,6,8-9H2,1-2H3,(H2,23,24,26). The van der Waals surface area contributed by atoms with Crippen LogP contribution in [-0.2, 0) is 17.6 Å². The van der Waals surface area contributed by atoms with Gasteiger partial charge in [0.2, 0.25) is 0 Å². The van der Waals surface area contributed by atoms with Gasteiger partial charge in [0.15, 0.2) is 0 Å². The molecule has 0 saturated carbocycles. The van der Waals surface area contributed by atoms with Crippen LogP contribution in [0.4, 0.5) is 15.5 Å².